The Bertz CT molecular complexity index is 1170. The van der Waals surface area contributed by atoms with Gasteiger partial charge in [-0.2, -0.15) is 4.72 Å². The van der Waals surface area contributed by atoms with Gasteiger partial charge in [-0.3, -0.25) is 9.59 Å². The molecule has 1 atom stereocenters. The summed E-state index contributed by atoms with van der Waals surface area (Å²) in [6, 6.07) is 6.92. The average Bonchev–Trinajstić information content (AvgIpc) is 2.77. The van der Waals surface area contributed by atoms with Gasteiger partial charge in [-0.25, -0.2) is 8.42 Å². The molecule has 2 aromatic rings. The molecule has 1 heterocycles. The molecule has 0 fully saturated rings. The van der Waals surface area contributed by atoms with Gasteiger partial charge in [0, 0.05) is 11.8 Å². The second-order valence-corrected chi connectivity index (χ2v) is 10.3. The van der Waals surface area contributed by atoms with Crippen LogP contribution >= 0.6 is 0 Å². The highest BCUT2D eigenvalue weighted by molar-refractivity contribution is 7.89. The number of hydrogen-bond donors (Lipinski definition) is 2. The van der Waals surface area contributed by atoms with Crippen molar-refractivity contribution in [2.75, 3.05) is 25.1 Å². The van der Waals surface area contributed by atoms with Gasteiger partial charge >= 0.3 is 5.97 Å². The number of benzene rings is 2. The van der Waals surface area contributed by atoms with Crippen molar-refractivity contribution in [1.29, 1.82) is 0 Å². The van der Waals surface area contributed by atoms with E-state index in [1.165, 1.54) is 18.2 Å². The number of ether oxygens (including phenoxy) is 3. The summed E-state index contributed by atoms with van der Waals surface area (Å²) in [7, 11) is -4.07. The molecule has 0 bridgehead atoms. The van der Waals surface area contributed by atoms with Crippen LogP contribution in [0.15, 0.2) is 35.2 Å². The van der Waals surface area contributed by atoms with E-state index in [1.807, 2.05) is 32.9 Å². The van der Waals surface area contributed by atoms with Crippen molar-refractivity contribution in [1.82, 2.24) is 4.72 Å². The van der Waals surface area contributed by atoms with Crippen molar-refractivity contribution in [2.45, 2.75) is 45.6 Å². The molecule has 1 aliphatic rings. The summed E-state index contributed by atoms with van der Waals surface area (Å²) in [6.07, 6.45) is 0. The molecule has 10 heteroatoms. The topological polar surface area (TPSA) is 120 Å². The van der Waals surface area contributed by atoms with Crippen LogP contribution in [-0.4, -0.2) is 46.2 Å². The molecule has 3 rings (SSSR count). The Morgan fingerprint density at radius 2 is 1.62 bits per heavy atom. The Kier molecular flexibility index (Phi) is 7.83. The van der Waals surface area contributed by atoms with Crippen LogP contribution in [0.5, 0.6) is 11.5 Å². The number of rotatable bonds is 8. The summed E-state index contributed by atoms with van der Waals surface area (Å²) in [5, 5.41) is 2.75. The quantitative estimate of drug-likeness (QED) is 0.546. The predicted molar refractivity (Wildman–Crippen MR) is 127 cm³/mol. The normalized spacial score (nSPS) is 13.9. The third-order valence-corrected chi connectivity index (χ3v) is 6.75. The molecule has 1 aliphatic heterocycles. The van der Waals surface area contributed by atoms with Crippen LogP contribution in [0.2, 0.25) is 0 Å². The Morgan fingerprint density at radius 3 is 2.24 bits per heavy atom. The van der Waals surface area contributed by atoms with Gasteiger partial charge in [0.2, 0.25) is 10.0 Å². The van der Waals surface area contributed by atoms with Crippen LogP contribution in [0.4, 0.5) is 5.69 Å². The molecular formula is C24H30N2O7S. The van der Waals surface area contributed by atoms with E-state index in [9.17, 15) is 18.0 Å². The molecule has 0 spiro atoms. The number of sulfonamides is 1. The van der Waals surface area contributed by atoms with Crippen molar-refractivity contribution in [3.8, 4) is 11.5 Å². The molecule has 2 aromatic carbocycles. The fraction of sp³-hybridized carbons (Fsp3) is 0.417. The first-order valence-electron chi connectivity index (χ1n) is 10.9. The molecule has 0 aromatic heterocycles. The maximum absolute atomic E-state index is 12.9. The van der Waals surface area contributed by atoms with Gasteiger partial charge in [0.05, 0.1) is 4.90 Å². The zero-order valence-electron chi connectivity index (χ0n) is 19.9. The zero-order valence-corrected chi connectivity index (χ0v) is 20.7. The lowest BCUT2D eigenvalue weighted by atomic mass is 10.1. The number of amides is 1. The highest BCUT2D eigenvalue weighted by Gasteiger charge is 2.31. The standard InChI is InChI=1S/C24H30N2O7S/c1-14(2)22(26-34(29,30)18-6-7-19-20(12-18)32-9-8-31-19)24(28)33-13-21(27)25-23-16(4)10-15(3)11-17(23)5/h6-7,10-12,14,22,26H,8-9,13H2,1-5H3,(H,25,27). The van der Waals surface area contributed by atoms with Gasteiger partial charge in [0.15, 0.2) is 18.1 Å². The Balaban J connectivity index is 1.66. The first-order chi connectivity index (χ1) is 16.0. The molecule has 1 amide bonds. The molecule has 184 valence electrons. The van der Waals surface area contributed by atoms with Crippen LogP contribution in [0.3, 0.4) is 0 Å². The molecule has 0 radical (unpaired) electrons. The maximum Gasteiger partial charge on any atom is 0.324 e. The number of nitrogens with one attached hydrogen (secondary N) is 2. The van der Waals surface area contributed by atoms with Gasteiger partial charge in [0.1, 0.15) is 19.3 Å². The number of carbonyl (C=O) groups excluding carboxylic acids is 2. The summed E-state index contributed by atoms with van der Waals surface area (Å²) >= 11 is 0. The Morgan fingerprint density at radius 1 is 1.00 bits per heavy atom. The minimum absolute atomic E-state index is 0.0711. The van der Waals surface area contributed by atoms with E-state index in [0.717, 1.165) is 16.7 Å². The van der Waals surface area contributed by atoms with E-state index < -0.39 is 40.5 Å². The number of anilines is 1. The molecule has 1 unspecified atom stereocenters. The zero-order chi connectivity index (χ0) is 25.0. The summed E-state index contributed by atoms with van der Waals surface area (Å²) in [5.41, 5.74) is 3.52. The van der Waals surface area contributed by atoms with Gasteiger partial charge in [0.25, 0.3) is 5.91 Å². The number of esters is 1. The molecule has 0 aliphatic carbocycles. The number of carbonyl (C=O) groups is 2. The highest BCUT2D eigenvalue weighted by atomic mass is 32.2. The van der Waals surface area contributed by atoms with Crippen molar-refractivity contribution >= 4 is 27.6 Å². The molecule has 2 N–H and O–H groups in total. The van der Waals surface area contributed by atoms with Crippen LogP contribution in [-0.2, 0) is 24.3 Å². The average molecular weight is 491 g/mol. The number of aryl methyl sites for hydroxylation is 3. The Labute approximate surface area is 199 Å². The largest absolute Gasteiger partial charge is 0.486 e. The fourth-order valence-electron chi connectivity index (χ4n) is 3.66. The van der Waals surface area contributed by atoms with Gasteiger partial charge in [-0.1, -0.05) is 31.5 Å². The SMILES string of the molecule is Cc1cc(C)c(NC(=O)COC(=O)C(NS(=O)(=O)c2ccc3c(c2)OCCO3)C(C)C)c(C)c1. The van der Waals surface area contributed by atoms with E-state index in [-0.39, 0.29) is 4.90 Å². The summed E-state index contributed by atoms with van der Waals surface area (Å²) in [4.78, 5) is 25.0. The maximum atomic E-state index is 12.9. The van der Waals surface area contributed by atoms with Crippen LogP contribution < -0.4 is 19.5 Å². The molecule has 0 saturated heterocycles. The van der Waals surface area contributed by atoms with Crippen molar-refractivity contribution in [2.24, 2.45) is 5.92 Å². The van der Waals surface area contributed by atoms with Crippen molar-refractivity contribution < 1.29 is 32.2 Å². The number of hydrogen-bond acceptors (Lipinski definition) is 7. The second kappa shape index (κ2) is 10.4. The molecule has 9 nitrogen and oxygen atoms in total. The lowest BCUT2D eigenvalue weighted by Crippen LogP contribution is -2.45. The fourth-order valence-corrected chi connectivity index (χ4v) is 5.01. The van der Waals surface area contributed by atoms with E-state index in [4.69, 9.17) is 14.2 Å². The van der Waals surface area contributed by atoms with Gasteiger partial charge in [-0.05, 0) is 49.9 Å². The minimum atomic E-state index is -4.07. The smallest absolute Gasteiger partial charge is 0.324 e. The summed E-state index contributed by atoms with van der Waals surface area (Å²) in [5.74, 6) is -1.01. The third kappa shape index (κ3) is 6.06. The third-order valence-electron chi connectivity index (χ3n) is 5.31. The number of fused-ring (bicyclic) bond motifs is 1. The lowest BCUT2D eigenvalue weighted by Gasteiger charge is -2.22. The minimum Gasteiger partial charge on any atom is -0.486 e. The van der Waals surface area contributed by atoms with E-state index in [1.54, 1.807) is 13.8 Å². The Hall–Kier alpha value is -3.11. The van der Waals surface area contributed by atoms with Crippen LogP contribution in [0.1, 0.15) is 30.5 Å². The van der Waals surface area contributed by atoms with Crippen molar-refractivity contribution in [3.05, 3.63) is 47.0 Å². The van der Waals surface area contributed by atoms with E-state index in [0.29, 0.717) is 30.4 Å². The summed E-state index contributed by atoms with van der Waals surface area (Å²) in [6.45, 7) is 9.23. The van der Waals surface area contributed by atoms with E-state index in [2.05, 4.69) is 10.0 Å². The van der Waals surface area contributed by atoms with Crippen LogP contribution in [0.25, 0.3) is 0 Å². The highest BCUT2D eigenvalue weighted by Crippen LogP contribution is 2.32. The van der Waals surface area contributed by atoms with E-state index >= 15 is 0 Å². The lowest BCUT2D eigenvalue weighted by molar-refractivity contribution is -0.150. The molecule has 0 saturated carbocycles. The predicted octanol–water partition coefficient (Wildman–Crippen LogP) is 2.87. The monoisotopic (exact) mass is 490 g/mol. The summed E-state index contributed by atoms with van der Waals surface area (Å²) < 4.78 is 44.2. The first-order valence-corrected chi connectivity index (χ1v) is 12.4. The van der Waals surface area contributed by atoms with Crippen molar-refractivity contribution in [3.63, 3.8) is 0 Å². The van der Waals surface area contributed by atoms with Crippen LogP contribution in [0, 0.1) is 26.7 Å². The first kappa shape index (κ1) is 25.5. The molecule has 34 heavy (non-hydrogen) atoms. The molecular weight excluding hydrogens is 460 g/mol. The van der Waals surface area contributed by atoms with Gasteiger partial charge < -0.3 is 19.5 Å². The van der Waals surface area contributed by atoms with Gasteiger partial charge in [-0.15, -0.1) is 0 Å². The second-order valence-electron chi connectivity index (χ2n) is 8.58.